The smallest absolute Gasteiger partial charge is 0.449 e. The first-order valence-electron chi connectivity index (χ1n) is 5.23. The second kappa shape index (κ2) is 4.43. The molecule has 1 aromatic rings. The van der Waals surface area contributed by atoms with Gasteiger partial charge in [0.1, 0.15) is 0 Å². The van der Waals surface area contributed by atoms with E-state index in [1.54, 1.807) is 13.8 Å². The van der Waals surface area contributed by atoms with Crippen LogP contribution in [0.4, 0.5) is 18.6 Å². The lowest BCUT2D eigenvalue weighted by molar-refractivity contribution is 0.112. The minimum absolute atomic E-state index is 0.128. The standard InChI is InChI=1S/C11H14BF3NO/c1-6-9(4-12(13,14)15)7(2)11(16)8(3)10(6)5-17/h5H,4,16H2,1-3H3/q-1. The lowest BCUT2D eigenvalue weighted by Crippen LogP contribution is -2.22. The maximum Gasteiger partial charge on any atom is 0.482 e. The molecule has 0 bridgehead atoms. The Bertz CT molecular complexity index is 469. The number of benzene rings is 1. The number of carbonyl (C=O) groups is 1. The zero-order valence-corrected chi connectivity index (χ0v) is 9.98. The first-order valence-corrected chi connectivity index (χ1v) is 5.23. The average molecular weight is 244 g/mol. The average Bonchev–Trinajstić information content (AvgIpc) is 2.21. The van der Waals surface area contributed by atoms with Gasteiger partial charge in [-0.2, -0.15) is 0 Å². The molecule has 0 saturated heterocycles. The van der Waals surface area contributed by atoms with E-state index in [1.165, 1.54) is 6.92 Å². The molecular weight excluding hydrogens is 230 g/mol. The summed E-state index contributed by atoms with van der Waals surface area (Å²) in [6, 6.07) is 0. The highest BCUT2D eigenvalue weighted by atomic mass is 19.4. The van der Waals surface area contributed by atoms with Crippen LogP contribution in [-0.2, 0) is 6.32 Å². The maximum absolute atomic E-state index is 12.5. The molecule has 2 nitrogen and oxygen atoms in total. The van der Waals surface area contributed by atoms with E-state index in [4.69, 9.17) is 5.73 Å². The summed E-state index contributed by atoms with van der Waals surface area (Å²) in [5.74, 6) is 0. The number of carbonyl (C=O) groups excluding carboxylic acids is 1. The van der Waals surface area contributed by atoms with E-state index in [0.29, 0.717) is 23.0 Å². The van der Waals surface area contributed by atoms with Gasteiger partial charge in [-0.25, -0.2) is 0 Å². The van der Waals surface area contributed by atoms with E-state index < -0.39 is 13.3 Å². The Morgan fingerprint density at radius 3 is 2.06 bits per heavy atom. The largest absolute Gasteiger partial charge is 0.482 e. The van der Waals surface area contributed by atoms with Gasteiger partial charge in [-0.15, -0.1) is 0 Å². The first-order chi connectivity index (χ1) is 7.69. The van der Waals surface area contributed by atoms with Gasteiger partial charge in [0, 0.05) is 11.3 Å². The fourth-order valence-electron chi connectivity index (χ4n) is 2.03. The highest BCUT2D eigenvalue weighted by Gasteiger charge is 2.27. The van der Waals surface area contributed by atoms with Gasteiger partial charge in [-0.05, 0) is 37.5 Å². The van der Waals surface area contributed by atoms with Crippen LogP contribution in [0.2, 0.25) is 0 Å². The number of hydrogen-bond donors (Lipinski definition) is 1. The van der Waals surface area contributed by atoms with E-state index in [0.717, 1.165) is 0 Å². The molecule has 0 aliphatic heterocycles. The molecule has 0 amide bonds. The maximum atomic E-state index is 12.5. The number of nitrogen functional groups attached to an aromatic ring is 1. The van der Waals surface area contributed by atoms with Crippen LogP contribution in [0.25, 0.3) is 0 Å². The summed E-state index contributed by atoms with van der Waals surface area (Å²) in [5.41, 5.74) is 7.74. The molecule has 0 radical (unpaired) electrons. The van der Waals surface area contributed by atoms with E-state index in [1.807, 2.05) is 0 Å². The molecule has 0 heterocycles. The van der Waals surface area contributed by atoms with Crippen LogP contribution in [0, 0.1) is 20.8 Å². The Morgan fingerprint density at radius 2 is 1.65 bits per heavy atom. The number of halogens is 3. The van der Waals surface area contributed by atoms with E-state index >= 15 is 0 Å². The Kier molecular flexibility index (Phi) is 3.55. The molecule has 1 aromatic carbocycles. The molecule has 17 heavy (non-hydrogen) atoms. The van der Waals surface area contributed by atoms with Crippen molar-refractivity contribution in [3.8, 4) is 0 Å². The van der Waals surface area contributed by atoms with Crippen LogP contribution >= 0.6 is 0 Å². The van der Waals surface area contributed by atoms with Crippen LogP contribution in [0.15, 0.2) is 0 Å². The lowest BCUT2D eigenvalue weighted by atomic mass is 9.76. The van der Waals surface area contributed by atoms with Crippen molar-refractivity contribution in [2.45, 2.75) is 27.1 Å². The van der Waals surface area contributed by atoms with Crippen molar-refractivity contribution in [2.75, 3.05) is 5.73 Å². The third-order valence-corrected chi connectivity index (χ3v) is 3.07. The molecule has 0 unspecified atom stereocenters. The molecular formula is C11H14BF3NO-. The fourth-order valence-corrected chi connectivity index (χ4v) is 2.03. The summed E-state index contributed by atoms with van der Waals surface area (Å²) in [6.07, 6.45) is -0.434. The highest BCUT2D eigenvalue weighted by Crippen LogP contribution is 2.31. The van der Waals surface area contributed by atoms with Gasteiger partial charge in [0.25, 0.3) is 0 Å². The van der Waals surface area contributed by atoms with Gasteiger partial charge in [0.2, 0.25) is 0 Å². The summed E-state index contributed by atoms with van der Waals surface area (Å²) in [5, 5.41) is 0. The molecule has 0 saturated carbocycles. The van der Waals surface area contributed by atoms with Gasteiger partial charge >= 0.3 is 6.98 Å². The van der Waals surface area contributed by atoms with E-state index in [2.05, 4.69) is 0 Å². The summed E-state index contributed by atoms with van der Waals surface area (Å²) in [4.78, 5) is 10.9. The number of rotatable bonds is 3. The minimum atomic E-state index is -4.94. The van der Waals surface area contributed by atoms with Crippen molar-refractivity contribution >= 4 is 19.0 Å². The molecule has 0 aliphatic carbocycles. The topological polar surface area (TPSA) is 43.1 Å². The molecule has 0 aromatic heterocycles. The Labute approximate surface area is 98.1 Å². The van der Waals surface area contributed by atoms with Crippen molar-refractivity contribution in [2.24, 2.45) is 0 Å². The second-order valence-corrected chi connectivity index (χ2v) is 4.21. The Balaban J connectivity index is 3.50. The van der Waals surface area contributed by atoms with Crippen molar-refractivity contribution in [3.05, 3.63) is 27.8 Å². The zero-order chi connectivity index (χ0) is 13.4. The molecule has 2 N–H and O–H groups in total. The molecule has 0 aliphatic rings. The minimum Gasteiger partial charge on any atom is -0.449 e. The van der Waals surface area contributed by atoms with Crippen molar-refractivity contribution < 1.29 is 17.7 Å². The fraction of sp³-hybridized carbons (Fsp3) is 0.364. The lowest BCUT2D eigenvalue weighted by Gasteiger charge is -2.22. The van der Waals surface area contributed by atoms with Gasteiger partial charge in [-0.1, -0.05) is 11.9 Å². The van der Waals surface area contributed by atoms with Gasteiger partial charge < -0.3 is 18.7 Å². The quantitative estimate of drug-likeness (QED) is 0.504. The predicted octanol–water partition coefficient (Wildman–Crippen LogP) is 2.94. The predicted molar refractivity (Wildman–Crippen MR) is 63.2 cm³/mol. The van der Waals surface area contributed by atoms with Gasteiger partial charge in [0.15, 0.2) is 6.29 Å². The number of nitrogens with two attached hydrogens (primary N) is 1. The normalized spacial score (nSPS) is 11.6. The monoisotopic (exact) mass is 244 g/mol. The number of anilines is 1. The summed E-state index contributed by atoms with van der Waals surface area (Å²) in [6.45, 7) is -0.213. The first kappa shape index (κ1) is 13.6. The van der Waals surface area contributed by atoms with Gasteiger partial charge in [-0.3, -0.25) is 4.79 Å². The SMILES string of the molecule is Cc1c(N)c(C)c(C[B-](F)(F)F)c(C)c1C=O. The third kappa shape index (κ3) is 2.62. The van der Waals surface area contributed by atoms with Gasteiger partial charge in [0.05, 0.1) is 0 Å². The second-order valence-electron chi connectivity index (χ2n) is 4.21. The van der Waals surface area contributed by atoms with Crippen LogP contribution in [0.5, 0.6) is 0 Å². The van der Waals surface area contributed by atoms with Crippen LogP contribution < -0.4 is 5.73 Å². The molecule has 6 heteroatoms. The van der Waals surface area contributed by atoms with Crippen molar-refractivity contribution in [3.63, 3.8) is 0 Å². The Morgan fingerprint density at radius 1 is 1.12 bits per heavy atom. The number of hydrogen-bond acceptors (Lipinski definition) is 2. The molecule has 1 rings (SSSR count). The van der Waals surface area contributed by atoms with Crippen LogP contribution in [-0.4, -0.2) is 13.3 Å². The molecule has 0 spiro atoms. The van der Waals surface area contributed by atoms with E-state index in [-0.39, 0.29) is 16.8 Å². The van der Waals surface area contributed by atoms with Crippen molar-refractivity contribution in [1.29, 1.82) is 0 Å². The van der Waals surface area contributed by atoms with Crippen LogP contribution in [0.3, 0.4) is 0 Å². The Hall–Kier alpha value is -1.46. The molecule has 0 fully saturated rings. The van der Waals surface area contributed by atoms with E-state index in [9.17, 15) is 17.7 Å². The summed E-state index contributed by atoms with van der Waals surface area (Å²) >= 11 is 0. The summed E-state index contributed by atoms with van der Waals surface area (Å²) in [7, 11) is 0. The number of aldehydes is 1. The molecule has 94 valence electrons. The highest BCUT2D eigenvalue weighted by molar-refractivity contribution is 6.58. The summed E-state index contributed by atoms with van der Waals surface area (Å²) < 4.78 is 37.5. The third-order valence-electron chi connectivity index (χ3n) is 3.07. The molecule has 0 atom stereocenters. The van der Waals surface area contributed by atoms with Crippen molar-refractivity contribution in [1.82, 2.24) is 0 Å². The van der Waals surface area contributed by atoms with Crippen LogP contribution in [0.1, 0.15) is 32.6 Å². The zero-order valence-electron chi connectivity index (χ0n) is 9.98.